The molecule has 0 aliphatic heterocycles. The first-order valence-electron chi connectivity index (χ1n) is 10.7. The number of H-pyrrole nitrogens is 1. The van der Waals surface area contributed by atoms with E-state index in [0.29, 0.717) is 11.3 Å². The predicted molar refractivity (Wildman–Crippen MR) is 127 cm³/mol. The topological polar surface area (TPSA) is 157 Å². The number of rotatable bonds is 10. The van der Waals surface area contributed by atoms with Gasteiger partial charge in [0.2, 0.25) is 0 Å². The van der Waals surface area contributed by atoms with Crippen LogP contribution < -0.4 is 26.2 Å². The van der Waals surface area contributed by atoms with E-state index in [1.165, 1.54) is 31.5 Å². The molecule has 1 unspecified atom stereocenters. The van der Waals surface area contributed by atoms with Gasteiger partial charge in [0.05, 0.1) is 7.11 Å². The number of aromatic amines is 1. The molecule has 0 radical (unpaired) electrons. The number of alkyl halides is 1. The number of nitrogens with one attached hydrogen (secondary N) is 3. The van der Waals surface area contributed by atoms with E-state index in [2.05, 4.69) is 25.6 Å². The van der Waals surface area contributed by atoms with Gasteiger partial charge in [-0.25, -0.2) is 13.6 Å². The van der Waals surface area contributed by atoms with Crippen molar-refractivity contribution in [1.29, 1.82) is 5.41 Å². The maximum atomic E-state index is 15.6. The van der Waals surface area contributed by atoms with Gasteiger partial charge in [-0.05, 0) is 42.5 Å². The lowest BCUT2D eigenvalue weighted by atomic mass is 10.0. The van der Waals surface area contributed by atoms with Gasteiger partial charge in [0, 0.05) is 29.1 Å². The van der Waals surface area contributed by atoms with Crippen molar-refractivity contribution in [2.75, 3.05) is 25.7 Å². The molecular formula is C23H22F2N8O3. The molecule has 0 aliphatic rings. The van der Waals surface area contributed by atoms with E-state index in [1.54, 1.807) is 30.3 Å². The molecule has 0 aliphatic carbocycles. The number of nitrogen functional groups attached to an aromatic ring is 1. The molecule has 0 saturated carbocycles. The highest BCUT2D eigenvalue weighted by Gasteiger charge is 2.27. The summed E-state index contributed by atoms with van der Waals surface area (Å²) in [4.78, 5) is 15.3. The van der Waals surface area contributed by atoms with Gasteiger partial charge in [0.25, 0.3) is 0 Å². The highest BCUT2D eigenvalue weighted by molar-refractivity contribution is 5.95. The van der Waals surface area contributed by atoms with Crippen molar-refractivity contribution in [2.45, 2.75) is 6.04 Å². The van der Waals surface area contributed by atoms with Crippen LogP contribution in [0.15, 0.2) is 59.5 Å². The van der Waals surface area contributed by atoms with Crippen molar-refractivity contribution in [3.63, 3.8) is 0 Å². The average molecular weight is 496 g/mol. The zero-order chi connectivity index (χ0) is 25.7. The van der Waals surface area contributed by atoms with E-state index in [4.69, 9.17) is 20.6 Å². The molecule has 0 spiro atoms. The number of methoxy groups -OCH3 is 1. The lowest BCUT2D eigenvalue weighted by Crippen LogP contribution is -2.18. The first-order chi connectivity index (χ1) is 17.4. The summed E-state index contributed by atoms with van der Waals surface area (Å²) in [6.07, 6.45) is 1.45. The summed E-state index contributed by atoms with van der Waals surface area (Å²) >= 11 is 0. The minimum Gasteiger partial charge on any atom is -0.497 e. The fraction of sp³-hybridized carbons (Fsp3) is 0.174. The smallest absolute Gasteiger partial charge is 0.349 e. The average Bonchev–Trinajstić information content (AvgIpc) is 3.28. The Bertz CT molecular complexity index is 1410. The van der Waals surface area contributed by atoms with Crippen molar-refractivity contribution in [3.05, 3.63) is 88.0 Å². The first-order valence-corrected chi connectivity index (χ1v) is 10.7. The summed E-state index contributed by atoms with van der Waals surface area (Å²) in [6.45, 7) is -1.17. The number of benzene rings is 2. The Morgan fingerprint density at radius 2 is 2.06 bits per heavy atom. The Kier molecular flexibility index (Phi) is 7.18. The molecule has 0 bridgehead atoms. The number of anilines is 1. The van der Waals surface area contributed by atoms with Gasteiger partial charge in [0.1, 0.15) is 30.9 Å². The maximum Gasteiger partial charge on any atom is 0.349 e. The standard InChI is InChI=1S/C23H22F2N8O3/c1-35-15-11-16(19(25)17(12-15)36-10-8-24)20(29-14-6-4-13(5-7-14)21(26)27)22-30-23(34)33(32-22)18-3-2-9-28-31-18/h2-7,9,11-12,20,29H,8,10H2,1H3,(H3,26,27)(H,30,32,34). The van der Waals surface area contributed by atoms with Crippen molar-refractivity contribution < 1.29 is 18.3 Å². The largest absolute Gasteiger partial charge is 0.497 e. The molecule has 0 saturated heterocycles. The van der Waals surface area contributed by atoms with Gasteiger partial charge in [-0.3, -0.25) is 10.4 Å². The van der Waals surface area contributed by atoms with Gasteiger partial charge >= 0.3 is 5.69 Å². The molecule has 2 aromatic heterocycles. The third-order valence-electron chi connectivity index (χ3n) is 5.11. The highest BCUT2D eigenvalue weighted by atomic mass is 19.1. The second-order valence-corrected chi connectivity index (χ2v) is 7.44. The molecule has 11 nitrogen and oxygen atoms in total. The molecule has 0 fully saturated rings. The molecule has 186 valence electrons. The van der Waals surface area contributed by atoms with Crippen molar-refractivity contribution >= 4 is 11.5 Å². The van der Waals surface area contributed by atoms with E-state index >= 15 is 4.39 Å². The van der Waals surface area contributed by atoms with E-state index < -0.39 is 24.2 Å². The Morgan fingerprint density at radius 3 is 2.69 bits per heavy atom. The molecule has 5 N–H and O–H groups in total. The number of aromatic nitrogens is 5. The summed E-state index contributed by atoms with van der Waals surface area (Å²) < 4.78 is 39.9. The van der Waals surface area contributed by atoms with Crippen molar-refractivity contribution in [1.82, 2.24) is 25.0 Å². The number of halogens is 2. The monoisotopic (exact) mass is 496 g/mol. The number of hydrogen-bond acceptors (Lipinski definition) is 8. The van der Waals surface area contributed by atoms with Crippen LogP contribution in [0, 0.1) is 11.2 Å². The fourth-order valence-electron chi connectivity index (χ4n) is 3.41. The predicted octanol–water partition coefficient (Wildman–Crippen LogP) is 2.33. The zero-order valence-electron chi connectivity index (χ0n) is 19.0. The molecule has 13 heteroatoms. The van der Waals surface area contributed by atoms with E-state index in [1.807, 2.05) is 0 Å². The number of nitrogens with two attached hydrogens (primary N) is 1. The Labute approximate surface area is 203 Å². The number of hydrogen-bond donors (Lipinski definition) is 4. The van der Waals surface area contributed by atoms with Crippen LogP contribution in [-0.2, 0) is 0 Å². The normalized spacial score (nSPS) is 11.6. The Hall–Kier alpha value is -4.81. The molecule has 4 aromatic rings. The summed E-state index contributed by atoms with van der Waals surface area (Å²) in [6, 6.07) is 11.3. The molecule has 2 heterocycles. The third-order valence-corrected chi connectivity index (χ3v) is 5.11. The number of ether oxygens (including phenoxy) is 2. The van der Waals surface area contributed by atoms with E-state index in [9.17, 15) is 9.18 Å². The van der Waals surface area contributed by atoms with E-state index in [0.717, 1.165) is 4.68 Å². The minimum atomic E-state index is -1.05. The van der Waals surface area contributed by atoms with Crippen LogP contribution in [0.4, 0.5) is 14.5 Å². The van der Waals surface area contributed by atoms with Crippen LogP contribution in [0.1, 0.15) is 23.0 Å². The minimum absolute atomic E-state index is 0.0129. The van der Waals surface area contributed by atoms with Crippen molar-refractivity contribution in [2.24, 2.45) is 5.73 Å². The number of nitrogens with zero attached hydrogens (tertiary/aromatic N) is 4. The van der Waals surface area contributed by atoms with Crippen LogP contribution in [0.3, 0.4) is 0 Å². The Balaban J connectivity index is 1.84. The highest BCUT2D eigenvalue weighted by Crippen LogP contribution is 2.35. The van der Waals surface area contributed by atoms with Crippen LogP contribution in [0.2, 0.25) is 0 Å². The number of amidine groups is 1. The molecule has 1 atom stereocenters. The summed E-state index contributed by atoms with van der Waals surface area (Å²) in [5, 5.41) is 22.6. The first kappa shape index (κ1) is 24.3. The fourth-order valence-corrected chi connectivity index (χ4v) is 3.41. The molecular weight excluding hydrogens is 474 g/mol. The van der Waals surface area contributed by atoms with Crippen molar-refractivity contribution in [3.8, 4) is 17.3 Å². The summed E-state index contributed by atoms with van der Waals surface area (Å²) in [5.41, 5.74) is 5.92. The van der Waals surface area contributed by atoms with Gasteiger partial charge in [-0.15, -0.1) is 10.2 Å². The van der Waals surface area contributed by atoms with Gasteiger partial charge in [-0.1, -0.05) is 0 Å². The molecule has 4 rings (SSSR count). The zero-order valence-corrected chi connectivity index (χ0v) is 19.0. The van der Waals surface area contributed by atoms with Crippen LogP contribution in [-0.4, -0.2) is 51.2 Å². The third kappa shape index (κ3) is 5.14. The SMILES string of the molecule is COc1cc(OCCF)c(F)c(C(Nc2ccc(C(=N)N)cc2)c2nn(-c3cccnn3)c(=O)[nH]2)c1. The summed E-state index contributed by atoms with van der Waals surface area (Å²) in [7, 11) is 1.39. The molecule has 2 aromatic carbocycles. The van der Waals surface area contributed by atoms with Gasteiger partial charge in [0.15, 0.2) is 23.2 Å². The van der Waals surface area contributed by atoms with Crippen LogP contribution in [0.5, 0.6) is 11.5 Å². The second-order valence-electron chi connectivity index (χ2n) is 7.44. The van der Waals surface area contributed by atoms with Gasteiger partial charge < -0.3 is 20.5 Å². The van der Waals surface area contributed by atoms with Crippen LogP contribution in [0.25, 0.3) is 5.82 Å². The lowest BCUT2D eigenvalue weighted by molar-refractivity contribution is 0.260. The van der Waals surface area contributed by atoms with Crippen LogP contribution >= 0.6 is 0 Å². The van der Waals surface area contributed by atoms with Gasteiger partial charge in [-0.2, -0.15) is 9.78 Å². The van der Waals surface area contributed by atoms with E-state index in [-0.39, 0.29) is 41.1 Å². The molecule has 36 heavy (non-hydrogen) atoms. The Morgan fingerprint density at radius 1 is 1.28 bits per heavy atom. The quantitative estimate of drug-likeness (QED) is 0.192. The molecule has 0 amide bonds. The summed E-state index contributed by atoms with van der Waals surface area (Å²) in [5.74, 6) is -0.681. The second kappa shape index (κ2) is 10.6. The maximum absolute atomic E-state index is 15.6. The lowest BCUT2D eigenvalue weighted by Gasteiger charge is -2.21.